The number of rotatable bonds is 5. The standard InChI is InChI=1S/C16H11Cl2N3O2/c17-13-5-6-15(14(18)7-13)23-10-16(22)21-20-9-12-3-1-11(8-19)2-4-12/h1-7,9H,10H2,(H,21,22)/b20-9-. The van der Waals surface area contributed by atoms with Gasteiger partial charge in [0.15, 0.2) is 6.61 Å². The predicted octanol–water partition coefficient (Wildman–Crippen LogP) is 3.39. The van der Waals surface area contributed by atoms with Crippen LogP contribution in [-0.2, 0) is 4.79 Å². The van der Waals surface area contributed by atoms with Gasteiger partial charge in [0.1, 0.15) is 5.75 Å². The van der Waals surface area contributed by atoms with Crippen molar-refractivity contribution in [2.24, 2.45) is 5.10 Å². The number of halogens is 2. The van der Waals surface area contributed by atoms with Gasteiger partial charge in [0.25, 0.3) is 5.91 Å². The average molecular weight is 348 g/mol. The molecule has 0 bridgehead atoms. The van der Waals surface area contributed by atoms with Crippen molar-refractivity contribution >= 4 is 35.3 Å². The molecule has 7 heteroatoms. The first kappa shape index (κ1) is 16.8. The van der Waals surface area contributed by atoms with Crippen molar-refractivity contribution in [2.45, 2.75) is 0 Å². The van der Waals surface area contributed by atoms with Gasteiger partial charge < -0.3 is 4.74 Å². The van der Waals surface area contributed by atoms with Crippen molar-refractivity contribution in [2.75, 3.05) is 6.61 Å². The molecule has 0 heterocycles. The van der Waals surface area contributed by atoms with E-state index >= 15 is 0 Å². The van der Waals surface area contributed by atoms with Gasteiger partial charge in [0.05, 0.1) is 22.9 Å². The molecule has 1 N–H and O–H groups in total. The summed E-state index contributed by atoms with van der Waals surface area (Å²) in [6.45, 7) is -0.230. The number of nitrogens with one attached hydrogen (secondary N) is 1. The van der Waals surface area contributed by atoms with Gasteiger partial charge >= 0.3 is 0 Å². The van der Waals surface area contributed by atoms with Gasteiger partial charge in [0.2, 0.25) is 0 Å². The molecule has 0 radical (unpaired) electrons. The summed E-state index contributed by atoms with van der Waals surface area (Å²) in [7, 11) is 0. The van der Waals surface area contributed by atoms with E-state index in [4.69, 9.17) is 33.2 Å². The normalized spacial score (nSPS) is 10.3. The van der Waals surface area contributed by atoms with Crippen LogP contribution in [-0.4, -0.2) is 18.7 Å². The van der Waals surface area contributed by atoms with E-state index in [1.165, 1.54) is 12.3 Å². The summed E-state index contributed by atoms with van der Waals surface area (Å²) in [5, 5.41) is 13.3. The molecular formula is C16H11Cl2N3O2. The second kappa shape index (κ2) is 8.18. The molecule has 2 aromatic carbocycles. The zero-order valence-electron chi connectivity index (χ0n) is 11.8. The summed E-state index contributed by atoms with van der Waals surface area (Å²) < 4.78 is 5.27. The number of hydrogen-bond acceptors (Lipinski definition) is 4. The Kier molecular flexibility index (Phi) is 5.98. The molecule has 0 fully saturated rings. The topological polar surface area (TPSA) is 74.5 Å². The molecule has 0 aromatic heterocycles. The second-order valence-corrected chi connectivity index (χ2v) is 5.23. The lowest BCUT2D eigenvalue weighted by Gasteiger charge is -2.06. The van der Waals surface area contributed by atoms with Gasteiger partial charge in [-0.1, -0.05) is 35.3 Å². The molecule has 2 rings (SSSR count). The molecule has 23 heavy (non-hydrogen) atoms. The number of nitrogens with zero attached hydrogens (tertiary/aromatic N) is 2. The summed E-state index contributed by atoms with van der Waals surface area (Å²) in [5.74, 6) is -0.0665. The molecule has 0 spiro atoms. The minimum Gasteiger partial charge on any atom is -0.482 e. The third kappa shape index (κ3) is 5.29. The van der Waals surface area contributed by atoms with E-state index in [-0.39, 0.29) is 6.61 Å². The Morgan fingerprint density at radius 2 is 2.00 bits per heavy atom. The lowest BCUT2D eigenvalue weighted by atomic mass is 10.2. The van der Waals surface area contributed by atoms with Crippen LogP contribution in [0.25, 0.3) is 0 Å². The van der Waals surface area contributed by atoms with E-state index in [1.807, 2.05) is 6.07 Å². The number of benzene rings is 2. The molecular weight excluding hydrogens is 337 g/mol. The predicted molar refractivity (Wildman–Crippen MR) is 88.9 cm³/mol. The summed E-state index contributed by atoms with van der Waals surface area (Å²) in [5.41, 5.74) is 3.64. The summed E-state index contributed by atoms with van der Waals surface area (Å²) in [6, 6.07) is 13.5. The number of amides is 1. The maximum atomic E-state index is 11.6. The largest absolute Gasteiger partial charge is 0.482 e. The van der Waals surface area contributed by atoms with Crippen molar-refractivity contribution in [3.63, 3.8) is 0 Å². The first-order valence-electron chi connectivity index (χ1n) is 6.48. The molecule has 0 saturated heterocycles. The molecule has 116 valence electrons. The Bertz CT molecular complexity index is 768. The quantitative estimate of drug-likeness (QED) is 0.665. The fourth-order valence-electron chi connectivity index (χ4n) is 1.59. The van der Waals surface area contributed by atoms with Crippen LogP contribution < -0.4 is 10.2 Å². The molecule has 0 unspecified atom stereocenters. The molecule has 0 aliphatic heterocycles. The molecule has 0 saturated carbocycles. The van der Waals surface area contributed by atoms with Gasteiger partial charge in [-0.05, 0) is 35.9 Å². The number of ether oxygens (including phenoxy) is 1. The van der Waals surface area contributed by atoms with E-state index in [2.05, 4.69) is 10.5 Å². The van der Waals surface area contributed by atoms with Crippen molar-refractivity contribution in [1.82, 2.24) is 5.43 Å². The van der Waals surface area contributed by atoms with Crippen LogP contribution in [0.15, 0.2) is 47.6 Å². The van der Waals surface area contributed by atoms with Crippen LogP contribution >= 0.6 is 23.2 Å². The number of carbonyl (C=O) groups excluding carboxylic acids is 1. The van der Waals surface area contributed by atoms with Crippen molar-refractivity contribution in [3.05, 3.63) is 63.6 Å². The molecule has 0 atom stereocenters. The van der Waals surface area contributed by atoms with Crippen LogP contribution in [0.1, 0.15) is 11.1 Å². The number of nitriles is 1. The van der Waals surface area contributed by atoms with E-state index in [9.17, 15) is 4.79 Å². The van der Waals surface area contributed by atoms with Crippen LogP contribution in [0.4, 0.5) is 0 Å². The maximum absolute atomic E-state index is 11.6. The smallest absolute Gasteiger partial charge is 0.277 e. The van der Waals surface area contributed by atoms with Gasteiger partial charge in [-0.2, -0.15) is 10.4 Å². The zero-order valence-corrected chi connectivity index (χ0v) is 13.3. The fraction of sp³-hybridized carbons (Fsp3) is 0.0625. The van der Waals surface area contributed by atoms with E-state index in [0.717, 1.165) is 5.56 Å². The third-order valence-electron chi connectivity index (χ3n) is 2.70. The highest BCUT2D eigenvalue weighted by molar-refractivity contribution is 6.35. The molecule has 0 aliphatic rings. The summed E-state index contributed by atoms with van der Waals surface area (Å²) >= 11 is 11.7. The Morgan fingerprint density at radius 1 is 1.26 bits per heavy atom. The van der Waals surface area contributed by atoms with Crippen LogP contribution in [0.3, 0.4) is 0 Å². The monoisotopic (exact) mass is 347 g/mol. The molecule has 5 nitrogen and oxygen atoms in total. The maximum Gasteiger partial charge on any atom is 0.277 e. The Morgan fingerprint density at radius 3 is 2.65 bits per heavy atom. The minimum atomic E-state index is -0.430. The fourth-order valence-corrected chi connectivity index (χ4v) is 2.05. The lowest BCUT2D eigenvalue weighted by molar-refractivity contribution is -0.123. The Hall–Kier alpha value is -2.55. The van der Waals surface area contributed by atoms with Gasteiger partial charge in [-0.3, -0.25) is 4.79 Å². The van der Waals surface area contributed by atoms with Crippen molar-refractivity contribution in [1.29, 1.82) is 5.26 Å². The molecule has 2 aromatic rings. The first-order valence-corrected chi connectivity index (χ1v) is 7.24. The molecule has 1 amide bonds. The highest BCUT2D eigenvalue weighted by Crippen LogP contribution is 2.27. The molecule has 0 aliphatic carbocycles. The van der Waals surface area contributed by atoms with Gasteiger partial charge in [-0.25, -0.2) is 5.43 Å². The highest BCUT2D eigenvalue weighted by atomic mass is 35.5. The van der Waals surface area contributed by atoms with Crippen LogP contribution in [0.5, 0.6) is 5.75 Å². The summed E-state index contributed by atoms with van der Waals surface area (Å²) in [4.78, 5) is 11.6. The van der Waals surface area contributed by atoms with E-state index < -0.39 is 5.91 Å². The first-order chi connectivity index (χ1) is 11.1. The minimum absolute atomic E-state index is 0.230. The lowest BCUT2D eigenvalue weighted by Crippen LogP contribution is -2.24. The highest BCUT2D eigenvalue weighted by Gasteiger charge is 2.05. The van der Waals surface area contributed by atoms with Gasteiger partial charge in [-0.15, -0.1) is 0 Å². The van der Waals surface area contributed by atoms with E-state index in [1.54, 1.807) is 36.4 Å². The third-order valence-corrected chi connectivity index (χ3v) is 3.23. The Labute approximate surface area is 143 Å². The number of hydrogen-bond donors (Lipinski definition) is 1. The zero-order chi connectivity index (χ0) is 16.7. The van der Waals surface area contributed by atoms with Crippen LogP contribution in [0.2, 0.25) is 10.0 Å². The van der Waals surface area contributed by atoms with Crippen molar-refractivity contribution < 1.29 is 9.53 Å². The van der Waals surface area contributed by atoms with E-state index in [0.29, 0.717) is 21.4 Å². The number of hydrazone groups is 1. The average Bonchev–Trinajstić information content (AvgIpc) is 2.54. The van der Waals surface area contributed by atoms with Crippen molar-refractivity contribution in [3.8, 4) is 11.8 Å². The number of carbonyl (C=O) groups is 1. The van der Waals surface area contributed by atoms with Crippen LogP contribution in [0, 0.1) is 11.3 Å². The Balaban J connectivity index is 1.82. The van der Waals surface area contributed by atoms with Gasteiger partial charge in [0, 0.05) is 5.02 Å². The SMILES string of the molecule is N#Cc1ccc(/C=N\NC(=O)COc2ccc(Cl)cc2Cl)cc1. The second-order valence-electron chi connectivity index (χ2n) is 4.39. The summed E-state index contributed by atoms with van der Waals surface area (Å²) in [6.07, 6.45) is 1.47.